The largest absolute Gasteiger partial charge is 0.443 e. The highest BCUT2D eigenvalue weighted by Gasteiger charge is 2.60. The maximum absolute atomic E-state index is 13.0. The first-order chi connectivity index (χ1) is 12.4. The summed E-state index contributed by atoms with van der Waals surface area (Å²) in [6.07, 6.45) is 6.03. The number of esters is 1. The van der Waals surface area contributed by atoms with Crippen LogP contribution in [0, 0.1) is 17.3 Å². The number of amides is 2. The van der Waals surface area contributed by atoms with E-state index >= 15 is 0 Å². The molecule has 2 unspecified atom stereocenters. The molecule has 0 saturated heterocycles. The van der Waals surface area contributed by atoms with Crippen molar-refractivity contribution in [2.24, 2.45) is 17.3 Å². The lowest BCUT2D eigenvalue weighted by molar-refractivity contribution is -0.172. The number of alkyl halides is 1. The van der Waals surface area contributed by atoms with Crippen LogP contribution in [0.5, 0.6) is 0 Å². The van der Waals surface area contributed by atoms with Crippen LogP contribution in [-0.4, -0.2) is 33.7 Å². The molecule has 4 fully saturated rings. The third-order valence-corrected chi connectivity index (χ3v) is 7.55. The van der Waals surface area contributed by atoms with Crippen molar-refractivity contribution >= 4 is 33.7 Å². The van der Waals surface area contributed by atoms with Gasteiger partial charge in [-0.15, -0.1) is 0 Å². The van der Waals surface area contributed by atoms with Crippen molar-refractivity contribution in [3.63, 3.8) is 0 Å². The summed E-state index contributed by atoms with van der Waals surface area (Å²) >= 11 is 3.89. The van der Waals surface area contributed by atoms with Gasteiger partial charge in [-0.1, -0.05) is 28.1 Å². The van der Waals surface area contributed by atoms with E-state index in [1.165, 1.54) is 6.42 Å². The SMILES string of the molecule is O=C1c2ccccc2C(=O)N1COC(=O)C12CC3CC(CC(Br)(C3)C1)C2. The third-order valence-electron chi connectivity index (χ3n) is 6.63. The zero-order valence-corrected chi connectivity index (χ0v) is 16.0. The van der Waals surface area contributed by atoms with Gasteiger partial charge in [0.25, 0.3) is 11.8 Å². The molecule has 2 atom stereocenters. The van der Waals surface area contributed by atoms with E-state index < -0.39 is 5.41 Å². The van der Waals surface area contributed by atoms with Gasteiger partial charge in [0.15, 0.2) is 6.73 Å². The average molecular weight is 418 g/mol. The van der Waals surface area contributed by atoms with Crippen molar-refractivity contribution in [2.45, 2.75) is 42.8 Å². The lowest BCUT2D eigenvalue weighted by Crippen LogP contribution is -2.56. The maximum atomic E-state index is 13.0. The van der Waals surface area contributed by atoms with Crippen LogP contribution in [0.4, 0.5) is 0 Å². The predicted octanol–water partition coefficient (Wildman–Crippen LogP) is 3.52. The van der Waals surface area contributed by atoms with Gasteiger partial charge in [0.2, 0.25) is 0 Å². The molecule has 2 amide bonds. The Morgan fingerprint density at radius 1 is 1.08 bits per heavy atom. The smallest absolute Gasteiger partial charge is 0.313 e. The van der Waals surface area contributed by atoms with E-state index in [0.29, 0.717) is 23.0 Å². The molecule has 6 heteroatoms. The highest BCUT2D eigenvalue weighted by Crippen LogP contribution is 2.64. The van der Waals surface area contributed by atoms with Crippen molar-refractivity contribution < 1.29 is 19.1 Å². The van der Waals surface area contributed by atoms with Crippen LogP contribution in [0.15, 0.2) is 24.3 Å². The number of carbonyl (C=O) groups is 3. The summed E-state index contributed by atoms with van der Waals surface area (Å²) in [6.45, 7) is -0.294. The Morgan fingerprint density at radius 2 is 1.65 bits per heavy atom. The Balaban J connectivity index is 1.32. The molecule has 1 aromatic rings. The Morgan fingerprint density at radius 3 is 2.19 bits per heavy atom. The molecular formula is C20H20BrNO4. The fourth-order valence-electron chi connectivity index (χ4n) is 6.02. The van der Waals surface area contributed by atoms with E-state index in [2.05, 4.69) is 15.9 Å². The van der Waals surface area contributed by atoms with E-state index in [0.717, 1.165) is 37.0 Å². The first-order valence-corrected chi connectivity index (χ1v) is 10.00. The topological polar surface area (TPSA) is 63.7 Å². The molecule has 1 heterocycles. The molecule has 4 saturated carbocycles. The highest BCUT2D eigenvalue weighted by atomic mass is 79.9. The van der Waals surface area contributed by atoms with Crippen LogP contribution in [-0.2, 0) is 9.53 Å². The van der Waals surface area contributed by atoms with Crippen LogP contribution in [0.1, 0.15) is 59.2 Å². The molecule has 0 spiro atoms. The third kappa shape index (κ3) is 2.30. The fourth-order valence-corrected chi connectivity index (χ4v) is 7.47. The van der Waals surface area contributed by atoms with E-state index in [1.54, 1.807) is 24.3 Å². The molecule has 1 aliphatic heterocycles. The average Bonchev–Trinajstić information content (AvgIpc) is 2.82. The Bertz CT molecular complexity index is 786. The van der Waals surface area contributed by atoms with Crippen LogP contribution in [0.25, 0.3) is 0 Å². The molecule has 5 aliphatic rings. The Kier molecular flexibility index (Phi) is 3.43. The molecule has 0 aromatic heterocycles. The zero-order valence-electron chi connectivity index (χ0n) is 14.4. The standard InChI is InChI=1S/C20H20BrNO4/c21-20-8-12-5-13(9-20)7-19(6-12,10-20)18(25)26-11-22-16(23)14-3-1-2-4-15(14)17(22)24/h1-4,12-13H,5-11H2. The summed E-state index contributed by atoms with van der Waals surface area (Å²) in [5, 5.41) is 0. The first-order valence-electron chi connectivity index (χ1n) is 9.21. The van der Waals surface area contributed by atoms with E-state index in [9.17, 15) is 14.4 Å². The molecular weight excluding hydrogens is 398 g/mol. The van der Waals surface area contributed by atoms with Crippen molar-refractivity contribution in [3.05, 3.63) is 35.4 Å². The molecule has 136 valence electrons. The second kappa shape index (κ2) is 5.41. The predicted molar refractivity (Wildman–Crippen MR) is 96.7 cm³/mol. The quantitative estimate of drug-likeness (QED) is 0.428. The van der Waals surface area contributed by atoms with E-state index in [1.807, 2.05) is 0 Å². The number of ether oxygens (including phenoxy) is 1. The summed E-state index contributed by atoms with van der Waals surface area (Å²) in [6, 6.07) is 6.71. The minimum Gasteiger partial charge on any atom is -0.443 e. The summed E-state index contributed by atoms with van der Waals surface area (Å²) in [7, 11) is 0. The number of halogens is 1. The molecule has 4 aliphatic carbocycles. The van der Waals surface area contributed by atoms with E-state index in [-0.39, 0.29) is 28.8 Å². The molecule has 6 rings (SSSR count). The second-order valence-electron chi connectivity index (χ2n) is 8.54. The van der Waals surface area contributed by atoms with Gasteiger partial charge in [-0.25, -0.2) is 4.90 Å². The number of hydrogen-bond donors (Lipinski definition) is 0. The Labute approximate surface area is 160 Å². The minimum atomic E-state index is -0.452. The molecule has 4 bridgehead atoms. The van der Waals surface area contributed by atoms with Crippen molar-refractivity contribution in [1.82, 2.24) is 4.90 Å². The normalized spacial score (nSPS) is 37.2. The van der Waals surface area contributed by atoms with Gasteiger partial charge in [-0.3, -0.25) is 14.4 Å². The summed E-state index contributed by atoms with van der Waals surface area (Å²) in [5.74, 6) is 0.124. The molecule has 5 nitrogen and oxygen atoms in total. The van der Waals surface area contributed by atoms with Crippen LogP contribution < -0.4 is 0 Å². The van der Waals surface area contributed by atoms with Gasteiger partial charge in [-0.2, -0.15) is 0 Å². The van der Waals surface area contributed by atoms with Crippen molar-refractivity contribution in [3.8, 4) is 0 Å². The molecule has 1 aromatic carbocycles. The number of carbonyl (C=O) groups excluding carboxylic acids is 3. The number of hydrogen-bond acceptors (Lipinski definition) is 4. The molecule has 0 N–H and O–H groups in total. The van der Waals surface area contributed by atoms with E-state index in [4.69, 9.17) is 4.74 Å². The molecule has 26 heavy (non-hydrogen) atoms. The van der Waals surface area contributed by atoms with Gasteiger partial charge in [0.05, 0.1) is 16.5 Å². The summed E-state index contributed by atoms with van der Waals surface area (Å²) < 4.78 is 5.61. The van der Waals surface area contributed by atoms with Gasteiger partial charge in [0, 0.05) is 4.32 Å². The number of fused-ring (bicyclic) bond motifs is 1. The zero-order chi connectivity index (χ0) is 18.1. The Hall–Kier alpha value is -1.69. The van der Waals surface area contributed by atoms with Crippen LogP contribution in [0.3, 0.4) is 0 Å². The van der Waals surface area contributed by atoms with Gasteiger partial charge < -0.3 is 4.74 Å². The highest BCUT2D eigenvalue weighted by molar-refractivity contribution is 9.10. The lowest BCUT2D eigenvalue weighted by atomic mass is 9.49. The monoisotopic (exact) mass is 417 g/mol. The van der Waals surface area contributed by atoms with Crippen LogP contribution >= 0.6 is 15.9 Å². The van der Waals surface area contributed by atoms with Gasteiger partial charge in [-0.05, 0) is 62.5 Å². The lowest BCUT2D eigenvalue weighted by Gasteiger charge is -2.58. The van der Waals surface area contributed by atoms with Gasteiger partial charge >= 0.3 is 5.97 Å². The summed E-state index contributed by atoms with van der Waals surface area (Å²) in [4.78, 5) is 38.9. The second-order valence-corrected chi connectivity index (χ2v) is 10.2. The molecule has 0 radical (unpaired) electrons. The van der Waals surface area contributed by atoms with Crippen molar-refractivity contribution in [1.29, 1.82) is 0 Å². The number of benzene rings is 1. The summed E-state index contributed by atoms with van der Waals surface area (Å²) in [5.41, 5.74) is 0.303. The van der Waals surface area contributed by atoms with Crippen LogP contribution in [0.2, 0.25) is 0 Å². The number of rotatable bonds is 3. The number of imide groups is 1. The number of nitrogens with zero attached hydrogens (tertiary/aromatic N) is 1. The van der Waals surface area contributed by atoms with Crippen molar-refractivity contribution in [2.75, 3.05) is 6.73 Å². The maximum Gasteiger partial charge on any atom is 0.313 e. The fraction of sp³-hybridized carbons (Fsp3) is 0.550. The first kappa shape index (κ1) is 16.5. The minimum absolute atomic E-state index is 0.0611. The van der Waals surface area contributed by atoms with Gasteiger partial charge in [0.1, 0.15) is 0 Å².